The Morgan fingerprint density at radius 3 is 1.32 bits per heavy atom. The normalized spacial score (nSPS) is 14.3. The number of ketones is 2. The van der Waals surface area contributed by atoms with Gasteiger partial charge in [0.25, 0.3) is 20.0 Å². The summed E-state index contributed by atoms with van der Waals surface area (Å²) in [6.07, 6.45) is 4.71. The maximum atomic E-state index is 13.1. The van der Waals surface area contributed by atoms with Crippen LogP contribution in [0.5, 0.6) is 0 Å². The van der Waals surface area contributed by atoms with Crippen molar-refractivity contribution in [3.05, 3.63) is 209 Å². The monoisotopic (exact) mass is 963 g/mol. The highest BCUT2D eigenvalue weighted by Gasteiger charge is 2.31. The van der Waals surface area contributed by atoms with Gasteiger partial charge < -0.3 is 10.6 Å². The van der Waals surface area contributed by atoms with Crippen LogP contribution < -0.4 is 10.6 Å². The summed E-state index contributed by atoms with van der Waals surface area (Å²) in [4.78, 5) is 30.1. The molecule has 0 radical (unpaired) electrons. The molecule has 1 aromatic heterocycles. The lowest BCUT2D eigenvalue weighted by Gasteiger charge is -2.20. The minimum Gasteiger partial charge on any atom is -0.335 e. The van der Waals surface area contributed by atoms with Crippen molar-refractivity contribution in [2.75, 3.05) is 10.6 Å². The van der Waals surface area contributed by atoms with Crippen LogP contribution in [0.3, 0.4) is 0 Å². The predicted octanol–water partition coefficient (Wildman–Crippen LogP) is 10.6. The van der Waals surface area contributed by atoms with Crippen LogP contribution in [0.25, 0.3) is 11.1 Å². The standard InChI is InChI=1S/C28H23N3O3S.C23H19BrN2O3S/c32-26(16-14-24(20-8-3-1-4-9-20)21-10-5-2-6-11-21)28-30-25-15-13-22(23-12-7-17-29-19-23)18-27(25)35(33,34)31-28;24-18-11-13-20-22(15-18)30(28,29)26-23(25-20)21(27)14-12-19(16-7-3-1-4-8-16)17-9-5-2-6-10-17/h1-13,15,17-19,24H,14,16H2,(H,30,31);1-11,13,15,19H,12,14H2,(H,25,26). The molecule has 326 valence electrons. The fourth-order valence-corrected chi connectivity index (χ4v) is 10.7. The molecule has 6 aromatic carbocycles. The predicted molar refractivity (Wildman–Crippen MR) is 258 cm³/mol. The van der Waals surface area contributed by atoms with Gasteiger partial charge in [0.2, 0.25) is 0 Å². The molecule has 0 saturated heterocycles. The Bertz CT molecular complexity index is 3040. The molecular weight excluding hydrogens is 923 g/mol. The Balaban J connectivity index is 0.000000179. The molecule has 0 saturated carbocycles. The number of carbonyl (C=O) groups excluding carboxylic acids is 2. The third-order valence-corrected chi connectivity index (χ3v) is 14.2. The van der Waals surface area contributed by atoms with E-state index in [1.54, 1.807) is 48.8 Å². The second kappa shape index (κ2) is 19.9. The molecule has 3 heterocycles. The van der Waals surface area contributed by atoms with Gasteiger partial charge in [-0.25, -0.2) is 0 Å². The fourth-order valence-electron chi connectivity index (χ4n) is 7.83. The van der Waals surface area contributed by atoms with Crippen LogP contribution in [-0.4, -0.2) is 45.1 Å². The number of nitrogens with zero attached hydrogens (tertiary/aromatic N) is 3. The molecule has 0 aliphatic carbocycles. The zero-order chi connectivity index (χ0) is 45.4. The number of carbonyl (C=O) groups is 2. The zero-order valence-electron chi connectivity index (χ0n) is 34.8. The minimum absolute atomic E-state index is 0.0106. The Hall–Kier alpha value is -6.87. The van der Waals surface area contributed by atoms with Gasteiger partial charge in [-0.2, -0.15) is 16.8 Å². The lowest BCUT2D eigenvalue weighted by atomic mass is 9.87. The van der Waals surface area contributed by atoms with Crippen molar-refractivity contribution in [2.45, 2.75) is 47.3 Å². The van der Waals surface area contributed by atoms with Crippen LogP contribution in [0.15, 0.2) is 205 Å². The van der Waals surface area contributed by atoms with Crippen molar-refractivity contribution in [1.82, 2.24) is 4.98 Å². The summed E-state index contributed by atoms with van der Waals surface area (Å²) in [5.74, 6) is -0.913. The summed E-state index contributed by atoms with van der Waals surface area (Å²) in [6.45, 7) is 0. The number of Topliss-reactive ketones (excluding diaryl/α,β-unsaturated/α-hetero) is 2. The Kier molecular flexibility index (Phi) is 13.7. The van der Waals surface area contributed by atoms with Gasteiger partial charge in [-0.05, 0) is 77.1 Å². The number of nitrogens with one attached hydrogen (secondary N) is 2. The fraction of sp³-hybridized carbons (Fsp3) is 0.118. The average Bonchev–Trinajstić information content (AvgIpc) is 3.33. The Morgan fingerprint density at radius 2 is 0.908 bits per heavy atom. The highest BCUT2D eigenvalue weighted by Crippen LogP contribution is 2.35. The quantitative estimate of drug-likeness (QED) is 0.114. The highest BCUT2D eigenvalue weighted by atomic mass is 79.9. The van der Waals surface area contributed by atoms with Crippen LogP contribution in [0.1, 0.15) is 59.8 Å². The van der Waals surface area contributed by atoms with Gasteiger partial charge in [0, 0.05) is 47.1 Å². The number of hydrogen-bond acceptors (Lipinski definition) is 9. The number of rotatable bonds is 13. The highest BCUT2D eigenvalue weighted by molar-refractivity contribution is 9.10. The molecule has 0 amide bonds. The number of amidine groups is 2. The van der Waals surface area contributed by atoms with Gasteiger partial charge >= 0.3 is 0 Å². The molecule has 11 nitrogen and oxygen atoms in total. The lowest BCUT2D eigenvalue weighted by Crippen LogP contribution is -2.29. The number of halogens is 1. The first kappa shape index (κ1) is 44.7. The Labute approximate surface area is 386 Å². The van der Waals surface area contributed by atoms with E-state index in [0.717, 1.165) is 27.8 Å². The first-order valence-corrected chi connectivity index (χ1v) is 24.5. The van der Waals surface area contributed by atoms with E-state index < -0.39 is 20.0 Å². The van der Waals surface area contributed by atoms with E-state index in [1.807, 2.05) is 127 Å². The second-order valence-electron chi connectivity index (χ2n) is 15.3. The van der Waals surface area contributed by atoms with Crippen molar-refractivity contribution in [1.29, 1.82) is 0 Å². The van der Waals surface area contributed by atoms with Crippen LogP contribution in [0, 0.1) is 0 Å². The lowest BCUT2D eigenvalue weighted by molar-refractivity contribution is -0.113. The maximum Gasteiger partial charge on any atom is 0.286 e. The largest absolute Gasteiger partial charge is 0.335 e. The van der Waals surface area contributed by atoms with E-state index in [9.17, 15) is 26.4 Å². The number of pyridine rings is 1. The van der Waals surface area contributed by atoms with Crippen molar-refractivity contribution in [2.24, 2.45) is 8.80 Å². The van der Waals surface area contributed by atoms with Crippen LogP contribution in [0.2, 0.25) is 0 Å². The van der Waals surface area contributed by atoms with Crippen LogP contribution in [0.4, 0.5) is 11.4 Å². The number of aromatic nitrogens is 1. The molecule has 2 aliphatic rings. The van der Waals surface area contributed by atoms with Crippen LogP contribution in [-0.2, 0) is 29.6 Å². The van der Waals surface area contributed by atoms with E-state index in [1.165, 1.54) is 6.07 Å². The molecule has 65 heavy (non-hydrogen) atoms. The average molecular weight is 965 g/mol. The molecule has 14 heteroatoms. The Morgan fingerprint density at radius 1 is 0.492 bits per heavy atom. The van der Waals surface area contributed by atoms with Gasteiger partial charge in [-0.1, -0.05) is 149 Å². The van der Waals surface area contributed by atoms with Gasteiger partial charge in [0.15, 0.2) is 23.2 Å². The molecule has 0 unspecified atom stereocenters. The number of fused-ring (bicyclic) bond motifs is 2. The third-order valence-electron chi connectivity index (χ3n) is 11.1. The zero-order valence-corrected chi connectivity index (χ0v) is 38.0. The summed E-state index contributed by atoms with van der Waals surface area (Å²) in [5.41, 5.74) is 6.63. The molecule has 0 fully saturated rings. The third kappa shape index (κ3) is 10.7. The molecule has 2 N–H and O–H groups in total. The van der Waals surface area contributed by atoms with Crippen LogP contribution >= 0.6 is 15.9 Å². The van der Waals surface area contributed by atoms with E-state index in [-0.39, 0.29) is 57.7 Å². The topological polar surface area (TPSA) is 164 Å². The van der Waals surface area contributed by atoms with E-state index in [2.05, 4.69) is 40.3 Å². The number of sulfonamides is 2. The van der Waals surface area contributed by atoms with E-state index >= 15 is 0 Å². The van der Waals surface area contributed by atoms with Gasteiger partial charge in [0.05, 0.1) is 11.4 Å². The molecular formula is C51H42BrN5O6S2. The van der Waals surface area contributed by atoms with Gasteiger partial charge in [0.1, 0.15) is 9.79 Å². The first-order valence-electron chi connectivity index (χ1n) is 20.8. The summed E-state index contributed by atoms with van der Waals surface area (Å²) in [6, 6.07) is 53.4. The molecule has 0 atom stereocenters. The summed E-state index contributed by atoms with van der Waals surface area (Å²) in [7, 11) is -7.95. The molecule has 9 rings (SSSR count). The number of hydrogen-bond donors (Lipinski definition) is 2. The van der Waals surface area contributed by atoms with Gasteiger partial charge in [-0.15, -0.1) is 8.80 Å². The summed E-state index contributed by atoms with van der Waals surface area (Å²) in [5, 5.41) is 5.82. The molecule has 0 bridgehead atoms. The van der Waals surface area contributed by atoms with Gasteiger partial charge in [-0.3, -0.25) is 14.6 Å². The maximum absolute atomic E-state index is 13.1. The SMILES string of the molecule is O=C(CCC(c1ccccc1)c1ccccc1)C1=NS(=O)(=O)c2cc(-c3cccnc3)ccc2N1.O=C(CCC(c1ccccc1)c1ccccc1)C1=NS(=O)(=O)c2cc(Br)ccc2N1. The molecule has 0 spiro atoms. The first-order chi connectivity index (χ1) is 31.4. The molecule has 2 aliphatic heterocycles. The van der Waals surface area contributed by atoms with Crippen molar-refractivity contribution < 1.29 is 26.4 Å². The van der Waals surface area contributed by atoms with Crippen molar-refractivity contribution in [3.8, 4) is 11.1 Å². The number of anilines is 2. The minimum atomic E-state index is -4.03. The van der Waals surface area contributed by atoms with E-state index in [0.29, 0.717) is 34.3 Å². The summed E-state index contributed by atoms with van der Waals surface area (Å²) >= 11 is 3.26. The number of benzene rings is 6. The summed E-state index contributed by atoms with van der Waals surface area (Å²) < 4.78 is 59.1. The smallest absolute Gasteiger partial charge is 0.286 e. The van der Waals surface area contributed by atoms with E-state index in [4.69, 9.17) is 0 Å². The second-order valence-corrected chi connectivity index (χ2v) is 19.4. The van der Waals surface area contributed by atoms with Crippen molar-refractivity contribution in [3.63, 3.8) is 0 Å². The van der Waals surface area contributed by atoms with Crippen molar-refractivity contribution >= 4 is 70.6 Å². The molecule has 7 aromatic rings.